The van der Waals surface area contributed by atoms with Crippen LogP contribution in [0.25, 0.3) is 0 Å². The lowest BCUT2D eigenvalue weighted by atomic mass is 9.86. The predicted octanol–water partition coefficient (Wildman–Crippen LogP) is 3.36. The number of rotatable bonds is 8. The van der Waals surface area contributed by atoms with Gasteiger partial charge in [-0.1, -0.05) is 48.5 Å². The lowest BCUT2D eigenvalue weighted by molar-refractivity contribution is -0.121. The summed E-state index contributed by atoms with van der Waals surface area (Å²) in [5.41, 5.74) is 1.88. The molecule has 1 N–H and O–H groups in total. The molecule has 2 fully saturated rings. The number of nitrogens with zero attached hydrogens (tertiary/aromatic N) is 3. The van der Waals surface area contributed by atoms with Crippen molar-refractivity contribution in [2.24, 2.45) is 5.92 Å². The Morgan fingerprint density at radius 3 is 2.48 bits per heavy atom. The molecular formula is C27H37FN4O. The molecule has 0 saturated carbocycles. The Morgan fingerprint density at radius 1 is 1.00 bits per heavy atom. The Bertz CT molecular complexity index is 885. The van der Waals surface area contributed by atoms with E-state index in [1.165, 1.54) is 11.6 Å². The predicted molar refractivity (Wildman–Crippen MR) is 130 cm³/mol. The zero-order valence-corrected chi connectivity index (χ0v) is 19.8. The van der Waals surface area contributed by atoms with Gasteiger partial charge >= 0.3 is 0 Å². The van der Waals surface area contributed by atoms with Crippen molar-refractivity contribution in [2.45, 2.75) is 38.4 Å². The third-order valence-electron chi connectivity index (χ3n) is 7.21. The van der Waals surface area contributed by atoms with E-state index in [9.17, 15) is 9.18 Å². The standard InChI is InChI=1S/C27H37FN4O/c1-30-15-17-32(18-16-30)26-13-14-31(20-22-7-3-2-4-8-22)21-24(26)11-12-27(33)29-19-23-9-5-6-10-25(23)28/h2-10,24,26H,11-21H2,1H3,(H,29,33)/t24-,26+/m0/s1. The molecule has 1 amide bonds. The zero-order chi connectivity index (χ0) is 23.0. The van der Waals surface area contributed by atoms with E-state index < -0.39 is 0 Å². The van der Waals surface area contributed by atoms with Crippen LogP contribution in [-0.4, -0.2) is 73.0 Å². The number of piperazine rings is 1. The molecule has 2 aliphatic heterocycles. The van der Waals surface area contributed by atoms with E-state index in [2.05, 4.69) is 57.4 Å². The van der Waals surface area contributed by atoms with Crippen LogP contribution >= 0.6 is 0 Å². The van der Waals surface area contributed by atoms with E-state index >= 15 is 0 Å². The first-order valence-corrected chi connectivity index (χ1v) is 12.3. The van der Waals surface area contributed by atoms with Gasteiger partial charge in [-0.15, -0.1) is 0 Å². The minimum atomic E-state index is -0.267. The Hall–Kier alpha value is -2.28. The topological polar surface area (TPSA) is 38.8 Å². The number of hydrogen-bond donors (Lipinski definition) is 1. The Morgan fingerprint density at radius 2 is 1.73 bits per heavy atom. The third kappa shape index (κ3) is 6.85. The molecule has 178 valence electrons. The summed E-state index contributed by atoms with van der Waals surface area (Å²) in [5.74, 6) is 0.206. The highest BCUT2D eigenvalue weighted by molar-refractivity contribution is 5.75. The van der Waals surface area contributed by atoms with Gasteiger partial charge in [-0.2, -0.15) is 0 Å². The third-order valence-corrected chi connectivity index (χ3v) is 7.21. The van der Waals surface area contributed by atoms with E-state index in [1.54, 1.807) is 18.2 Å². The summed E-state index contributed by atoms with van der Waals surface area (Å²) >= 11 is 0. The molecule has 33 heavy (non-hydrogen) atoms. The van der Waals surface area contributed by atoms with Crippen molar-refractivity contribution in [1.82, 2.24) is 20.0 Å². The van der Waals surface area contributed by atoms with Crippen molar-refractivity contribution >= 4 is 5.91 Å². The van der Waals surface area contributed by atoms with Crippen molar-refractivity contribution in [3.63, 3.8) is 0 Å². The summed E-state index contributed by atoms with van der Waals surface area (Å²) in [4.78, 5) is 20.2. The van der Waals surface area contributed by atoms with E-state index in [0.29, 0.717) is 23.9 Å². The number of halogens is 1. The summed E-state index contributed by atoms with van der Waals surface area (Å²) in [6.45, 7) is 7.77. The molecule has 0 aromatic heterocycles. The smallest absolute Gasteiger partial charge is 0.220 e. The number of benzene rings is 2. The zero-order valence-electron chi connectivity index (χ0n) is 19.8. The van der Waals surface area contributed by atoms with Crippen LogP contribution in [0.4, 0.5) is 4.39 Å². The monoisotopic (exact) mass is 452 g/mol. The maximum Gasteiger partial charge on any atom is 0.220 e. The van der Waals surface area contributed by atoms with Gasteiger partial charge in [0.05, 0.1) is 0 Å². The number of likely N-dealkylation sites (tertiary alicyclic amines) is 1. The maximum absolute atomic E-state index is 13.9. The van der Waals surface area contributed by atoms with E-state index in [1.807, 2.05) is 0 Å². The van der Waals surface area contributed by atoms with Gasteiger partial charge < -0.3 is 10.2 Å². The number of nitrogens with one attached hydrogen (secondary N) is 1. The van der Waals surface area contributed by atoms with Crippen LogP contribution in [0.3, 0.4) is 0 Å². The largest absolute Gasteiger partial charge is 0.352 e. The summed E-state index contributed by atoms with van der Waals surface area (Å²) in [5, 5.41) is 2.92. The summed E-state index contributed by atoms with van der Waals surface area (Å²) in [6.07, 6.45) is 2.51. The second kappa shape index (κ2) is 11.7. The number of piperidine rings is 1. The van der Waals surface area contributed by atoms with Gasteiger partial charge in [0.1, 0.15) is 5.82 Å². The van der Waals surface area contributed by atoms with Gasteiger partial charge in [0.25, 0.3) is 0 Å². The quantitative estimate of drug-likeness (QED) is 0.667. The molecule has 2 aliphatic rings. The number of carbonyl (C=O) groups excluding carboxylic acids is 1. The molecule has 0 unspecified atom stereocenters. The minimum absolute atomic E-state index is 0.00978. The van der Waals surface area contributed by atoms with Gasteiger partial charge in [-0.05, 0) is 44.0 Å². The Labute approximate surface area is 197 Å². The molecule has 5 nitrogen and oxygen atoms in total. The highest BCUT2D eigenvalue weighted by Gasteiger charge is 2.34. The normalized spacial score (nSPS) is 22.8. The summed E-state index contributed by atoms with van der Waals surface area (Å²) in [7, 11) is 2.19. The van der Waals surface area contributed by atoms with Crippen molar-refractivity contribution in [3.8, 4) is 0 Å². The van der Waals surface area contributed by atoms with Crippen LogP contribution in [0.2, 0.25) is 0 Å². The Kier molecular flexibility index (Phi) is 8.48. The highest BCUT2D eigenvalue weighted by atomic mass is 19.1. The summed E-state index contributed by atoms with van der Waals surface area (Å²) in [6, 6.07) is 17.8. The van der Waals surface area contributed by atoms with Gasteiger partial charge in [-0.25, -0.2) is 4.39 Å². The minimum Gasteiger partial charge on any atom is -0.352 e. The molecule has 2 saturated heterocycles. The van der Waals surface area contributed by atoms with Crippen molar-refractivity contribution < 1.29 is 9.18 Å². The molecule has 2 heterocycles. The summed E-state index contributed by atoms with van der Waals surface area (Å²) < 4.78 is 13.9. The van der Waals surface area contributed by atoms with Gasteiger partial charge in [0.2, 0.25) is 5.91 Å². The average molecular weight is 453 g/mol. The number of amides is 1. The van der Waals surface area contributed by atoms with Crippen LogP contribution in [0.15, 0.2) is 54.6 Å². The molecule has 0 aliphatic carbocycles. The van der Waals surface area contributed by atoms with E-state index in [4.69, 9.17) is 0 Å². The molecular weight excluding hydrogens is 415 g/mol. The van der Waals surface area contributed by atoms with Gasteiger partial charge in [-0.3, -0.25) is 14.6 Å². The fourth-order valence-corrected chi connectivity index (χ4v) is 5.24. The second-order valence-electron chi connectivity index (χ2n) is 9.58. The molecule has 4 rings (SSSR count). The first-order chi connectivity index (χ1) is 16.1. The average Bonchev–Trinajstić information content (AvgIpc) is 2.84. The molecule has 0 bridgehead atoms. The number of likely N-dealkylation sites (N-methyl/N-ethyl adjacent to an activating group) is 1. The van der Waals surface area contributed by atoms with Crippen LogP contribution in [-0.2, 0) is 17.9 Å². The molecule has 6 heteroatoms. The fraction of sp³-hybridized carbons (Fsp3) is 0.519. The first-order valence-electron chi connectivity index (χ1n) is 12.3. The Balaban J connectivity index is 1.34. The van der Waals surface area contributed by atoms with E-state index in [0.717, 1.165) is 58.7 Å². The van der Waals surface area contributed by atoms with Crippen LogP contribution < -0.4 is 5.32 Å². The van der Waals surface area contributed by atoms with E-state index in [-0.39, 0.29) is 18.3 Å². The molecule has 2 aromatic carbocycles. The second-order valence-corrected chi connectivity index (χ2v) is 9.58. The molecule has 2 aromatic rings. The number of carbonyl (C=O) groups is 1. The SMILES string of the molecule is CN1CCN([C@@H]2CCN(Cc3ccccc3)C[C@@H]2CCC(=O)NCc2ccccc2F)CC1. The number of hydrogen-bond acceptors (Lipinski definition) is 4. The van der Waals surface area contributed by atoms with Crippen LogP contribution in [0.1, 0.15) is 30.4 Å². The highest BCUT2D eigenvalue weighted by Crippen LogP contribution is 2.28. The van der Waals surface area contributed by atoms with Crippen molar-refractivity contribution in [1.29, 1.82) is 0 Å². The maximum atomic E-state index is 13.9. The first kappa shape index (κ1) is 23.9. The molecule has 0 spiro atoms. The molecule has 2 atom stereocenters. The van der Waals surface area contributed by atoms with Crippen LogP contribution in [0, 0.1) is 11.7 Å². The van der Waals surface area contributed by atoms with Crippen molar-refractivity contribution in [3.05, 3.63) is 71.5 Å². The van der Waals surface area contributed by atoms with Gasteiger partial charge in [0.15, 0.2) is 0 Å². The van der Waals surface area contributed by atoms with Crippen LogP contribution in [0.5, 0.6) is 0 Å². The lowest BCUT2D eigenvalue weighted by Crippen LogP contribution is -2.56. The van der Waals surface area contributed by atoms with Gasteiger partial charge in [0, 0.05) is 63.8 Å². The van der Waals surface area contributed by atoms with Crippen molar-refractivity contribution in [2.75, 3.05) is 46.3 Å². The lowest BCUT2D eigenvalue weighted by Gasteiger charge is -2.46. The molecule has 0 radical (unpaired) electrons. The fourth-order valence-electron chi connectivity index (χ4n) is 5.24.